The minimum atomic E-state index is -0.0404. The smallest absolute Gasteiger partial charge is 0.221 e. The molecule has 3 nitrogen and oxygen atoms in total. The van der Waals surface area contributed by atoms with Gasteiger partial charge in [-0.3, -0.25) is 4.79 Å². The number of hydrogen-bond donors (Lipinski definition) is 2. The first-order chi connectivity index (χ1) is 8.02. The second-order valence-corrected chi connectivity index (χ2v) is 4.54. The SMILES string of the molecule is CCCC(C)Nc1cc(NC(C)=O)ccc1C. The van der Waals surface area contributed by atoms with Crippen LogP contribution in [0, 0.1) is 6.92 Å². The maximum absolute atomic E-state index is 11.0. The Hall–Kier alpha value is -1.51. The van der Waals surface area contributed by atoms with Gasteiger partial charge in [-0.1, -0.05) is 19.4 Å². The first-order valence-corrected chi connectivity index (χ1v) is 6.17. The van der Waals surface area contributed by atoms with Crippen molar-refractivity contribution >= 4 is 17.3 Å². The predicted octanol–water partition coefficient (Wildman–Crippen LogP) is 3.55. The third-order valence-electron chi connectivity index (χ3n) is 2.68. The third-order valence-corrected chi connectivity index (χ3v) is 2.68. The van der Waals surface area contributed by atoms with E-state index in [1.807, 2.05) is 18.2 Å². The molecule has 1 unspecified atom stereocenters. The molecular formula is C14H22N2O. The van der Waals surface area contributed by atoms with Crippen molar-refractivity contribution in [2.24, 2.45) is 0 Å². The van der Waals surface area contributed by atoms with Crippen LogP contribution in [0.5, 0.6) is 0 Å². The van der Waals surface area contributed by atoms with Gasteiger partial charge in [-0.25, -0.2) is 0 Å². The third kappa shape index (κ3) is 4.47. The zero-order chi connectivity index (χ0) is 12.8. The highest BCUT2D eigenvalue weighted by Gasteiger charge is 2.05. The number of carbonyl (C=O) groups excluding carboxylic acids is 1. The summed E-state index contributed by atoms with van der Waals surface area (Å²) in [6.45, 7) is 7.94. The van der Waals surface area contributed by atoms with Gasteiger partial charge in [0.05, 0.1) is 0 Å². The number of carbonyl (C=O) groups is 1. The molecule has 1 aromatic carbocycles. The van der Waals surface area contributed by atoms with Gasteiger partial charge in [0.2, 0.25) is 5.91 Å². The summed E-state index contributed by atoms with van der Waals surface area (Å²) < 4.78 is 0. The Morgan fingerprint density at radius 2 is 2.12 bits per heavy atom. The quantitative estimate of drug-likeness (QED) is 0.818. The number of benzene rings is 1. The summed E-state index contributed by atoms with van der Waals surface area (Å²) in [5.74, 6) is -0.0404. The van der Waals surface area contributed by atoms with Gasteiger partial charge < -0.3 is 10.6 Å². The standard InChI is InChI=1S/C14H22N2O/c1-5-6-11(3)15-14-9-13(16-12(4)17)8-7-10(14)2/h7-9,11,15H,5-6H2,1-4H3,(H,16,17). The number of nitrogens with one attached hydrogen (secondary N) is 2. The largest absolute Gasteiger partial charge is 0.382 e. The number of aryl methyl sites for hydroxylation is 1. The van der Waals surface area contributed by atoms with Gasteiger partial charge >= 0.3 is 0 Å². The van der Waals surface area contributed by atoms with E-state index in [1.165, 1.54) is 18.9 Å². The number of anilines is 2. The van der Waals surface area contributed by atoms with E-state index in [4.69, 9.17) is 0 Å². The van der Waals surface area contributed by atoms with Crippen molar-refractivity contribution in [3.63, 3.8) is 0 Å². The molecule has 0 saturated heterocycles. The highest BCUT2D eigenvalue weighted by Crippen LogP contribution is 2.21. The molecule has 3 heteroatoms. The summed E-state index contributed by atoms with van der Waals surface area (Å²) in [5, 5.41) is 6.27. The molecule has 0 heterocycles. The van der Waals surface area contributed by atoms with Crippen molar-refractivity contribution in [2.45, 2.75) is 46.6 Å². The lowest BCUT2D eigenvalue weighted by Gasteiger charge is -2.17. The lowest BCUT2D eigenvalue weighted by molar-refractivity contribution is -0.114. The van der Waals surface area contributed by atoms with Crippen LogP contribution >= 0.6 is 0 Å². The van der Waals surface area contributed by atoms with Crippen LogP contribution in [0.15, 0.2) is 18.2 Å². The molecule has 0 aliphatic rings. The molecule has 0 spiro atoms. The van der Waals surface area contributed by atoms with Crippen molar-refractivity contribution in [3.8, 4) is 0 Å². The van der Waals surface area contributed by atoms with Crippen molar-refractivity contribution in [3.05, 3.63) is 23.8 Å². The Balaban J connectivity index is 2.79. The fraction of sp³-hybridized carbons (Fsp3) is 0.500. The summed E-state index contributed by atoms with van der Waals surface area (Å²) in [4.78, 5) is 11.0. The van der Waals surface area contributed by atoms with Crippen LogP contribution in [0.25, 0.3) is 0 Å². The van der Waals surface area contributed by atoms with Crippen molar-refractivity contribution in [1.82, 2.24) is 0 Å². The molecule has 0 saturated carbocycles. The minimum Gasteiger partial charge on any atom is -0.382 e. The van der Waals surface area contributed by atoms with E-state index < -0.39 is 0 Å². The summed E-state index contributed by atoms with van der Waals surface area (Å²) in [5.41, 5.74) is 3.13. The summed E-state index contributed by atoms with van der Waals surface area (Å²) in [7, 11) is 0. The van der Waals surface area contributed by atoms with E-state index >= 15 is 0 Å². The molecule has 94 valence electrons. The van der Waals surface area contributed by atoms with Crippen LogP contribution in [0.4, 0.5) is 11.4 Å². The fourth-order valence-corrected chi connectivity index (χ4v) is 1.83. The minimum absolute atomic E-state index is 0.0404. The van der Waals surface area contributed by atoms with Crippen LogP contribution < -0.4 is 10.6 Å². The van der Waals surface area contributed by atoms with Crippen LogP contribution in [0.2, 0.25) is 0 Å². The fourth-order valence-electron chi connectivity index (χ4n) is 1.83. The van der Waals surface area contributed by atoms with Gasteiger partial charge in [-0.05, 0) is 38.0 Å². The maximum Gasteiger partial charge on any atom is 0.221 e. The first-order valence-electron chi connectivity index (χ1n) is 6.17. The summed E-state index contributed by atoms with van der Waals surface area (Å²) >= 11 is 0. The molecule has 1 rings (SSSR count). The van der Waals surface area contributed by atoms with Gasteiger partial charge in [-0.2, -0.15) is 0 Å². The summed E-state index contributed by atoms with van der Waals surface area (Å²) in [6.07, 6.45) is 2.31. The highest BCUT2D eigenvalue weighted by molar-refractivity contribution is 5.89. The van der Waals surface area contributed by atoms with Gasteiger partial charge in [-0.15, -0.1) is 0 Å². The maximum atomic E-state index is 11.0. The van der Waals surface area contributed by atoms with E-state index in [2.05, 4.69) is 31.4 Å². The molecule has 0 bridgehead atoms. The summed E-state index contributed by atoms with van der Waals surface area (Å²) in [6, 6.07) is 6.38. The molecule has 0 aliphatic heterocycles. The van der Waals surface area contributed by atoms with E-state index in [9.17, 15) is 4.79 Å². The molecule has 0 radical (unpaired) electrons. The zero-order valence-electron chi connectivity index (χ0n) is 11.1. The first kappa shape index (κ1) is 13.6. The lowest BCUT2D eigenvalue weighted by atomic mass is 10.1. The van der Waals surface area contributed by atoms with Gasteiger partial charge in [0, 0.05) is 24.3 Å². The van der Waals surface area contributed by atoms with E-state index in [1.54, 1.807) is 0 Å². The van der Waals surface area contributed by atoms with E-state index in [-0.39, 0.29) is 5.91 Å². The number of hydrogen-bond acceptors (Lipinski definition) is 2. The Kier molecular flexibility index (Phi) is 5.01. The molecule has 2 N–H and O–H groups in total. The normalized spacial score (nSPS) is 12.0. The zero-order valence-corrected chi connectivity index (χ0v) is 11.1. The monoisotopic (exact) mass is 234 g/mol. The van der Waals surface area contributed by atoms with E-state index in [0.29, 0.717) is 6.04 Å². The van der Waals surface area contributed by atoms with Crippen LogP contribution in [0.1, 0.15) is 39.2 Å². The second kappa shape index (κ2) is 6.28. The Morgan fingerprint density at radius 1 is 1.41 bits per heavy atom. The molecule has 17 heavy (non-hydrogen) atoms. The average Bonchev–Trinajstić information content (AvgIpc) is 2.22. The van der Waals surface area contributed by atoms with Crippen LogP contribution in [-0.4, -0.2) is 11.9 Å². The van der Waals surface area contributed by atoms with E-state index in [0.717, 1.165) is 17.8 Å². The van der Waals surface area contributed by atoms with Crippen molar-refractivity contribution in [2.75, 3.05) is 10.6 Å². The van der Waals surface area contributed by atoms with Gasteiger partial charge in [0.25, 0.3) is 0 Å². The van der Waals surface area contributed by atoms with Crippen LogP contribution in [-0.2, 0) is 4.79 Å². The topological polar surface area (TPSA) is 41.1 Å². The number of rotatable bonds is 5. The number of amides is 1. The molecule has 0 aromatic heterocycles. The molecule has 1 aromatic rings. The van der Waals surface area contributed by atoms with Crippen LogP contribution in [0.3, 0.4) is 0 Å². The molecule has 0 fully saturated rings. The van der Waals surface area contributed by atoms with Gasteiger partial charge in [0.15, 0.2) is 0 Å². The second-order valence-electron chi connectivity index (χ2n) is 4.54. The average molecular weight is 234 g/mol. The Bertz CT molecular complexity index is 388. The Morgan fingerprint density at radius 3 is 2.71 bits per heavy atom. The highest BCUT2D eigenvalue weighted by atomic mass is 16.1. The molecule has 1 amide bonds. The predicted molar refractivity (Wildman–Crippen MR) is 73.5 cm³/mol. The van der Waals surface area contributed by atoms with Crippen molar-refractivity contribution < 1.29 is 4.79 Å². The Labute approximate surface area is 104 Å². The lowest BCUT2D eigenvalue weighted by Crippen LogP contribution is -2.15. The molecule has 0 aliphatic carbocycles. The molecular weight excluding hydrogens is 212 g/mol. The van der Waals surface area contributed by atoms with Crippen molar-refractivity contribution in [1.29, 1.82) is 0 Å². The van der Waals surface area contributed by atoms with Gasteiger partial charge in [0.1, 0.15) is 0 Å². The molecule has 1 atom stereocenters.